The third kappa shape index (κ3) is 2.74. The van der Waals surface area contributed by atoms with Gasteiger partial charge in [-0.15, -0.1) is 0 Å². The lowest BCUT2D eigenvalue weighted by atomic mass is 10.2. The Morgan fingerprint density at radius 3 is 2.70 bits per heavy atom. The molecular weight excluding hydrogens is 250 g/mol. The van der Waals surface area contributed by atoms with Crippen molar-refractivity contribution in [2.24, 2.45) is 4.99 Å². The maximum Gasteiger partial charge on any atom is 0.196 e. The number of anilines is 1. The molecule has 2 aromatic rings. The summed E-state index contributed by atoms with van der Waals surface area (Å²) < 4.78 is 6.01. The first kappa shape index (κ1) is 12.5. The van der Waals surface area contributed by atoms with Gasteiger partial charge >= 0.3 is 0 Å². The second-order valence-corrected chi connectivity index (χ2v) is 4.65. The number of nitrogens with zero attached hydrogens (tertiary/aromatic N) is 1. The summed E-state index contributed by atoms with van der Waals surface area (Å²) in [6.45, 7) is 3.72. The van der Waals surface area contributed by atoms with Gasteiger partial charge in [-0.1, -0.05) is 30.3 Å². The third-order valence-electron chi connectivity index (χ3n) is 3.10. The standard InChI is InChI=1S/C16H17N3O/c1-12-6-5-9-14(19-16-17-10-11-18-16)15(12)20-13-7-3-2-4-8-13/h2-9H,10-11H2,1H3,(H2,17,18,19). The first-order valence-electron chi connectivity index (χ1n) is 6.71. The molecule has 0 bridgehead atoms. The minimum Gasteiger partial charge on any atom is -0.455 e. The summed E-state index contributed by atoms with van der Waals surface area (Å²) in [5.41, 5.74) is 2.00. The van der Waals surface area contributed by atoms with Crippen molar-refractivity contribution in [1.29, 1.82) is 0 Å². The molecule has 0 amide bonds. The Labute approximate surface area is 118 Å². The number of guanidine groups is 1. The van der Waals surface area contributed by atoms with E-state index in [0.717, 1.165) is 41.8 Å². The van der Waals surface area contributed by atoms with Crippen LogP contribution < -0.4 is 15.4 Å². The fourth-order valence-corrected chi connectivity index (χ4v) is 2.10. The van der Waals surface area contributed by atoms with E-state index in [1.54, 1.807) is 0 Å². The molecule has 0 aliphatic carbocycles. The highest BCUT2D eigenvalue weighted by Crippen LogP contribution is 2.32. The van der Waals surface area contributed by atoms with E-state index in [2.05, 4.69) is 15.6 Å². The minimum absolute atomic E-state index is 0.800. The topological polar surface area (TPSA) is 45.7 Å². The van der Waals surface area contributed by atoms with E-state index >= 15 is 0 Å². The number of rotatable bonds is 3. The second-order valence-electron chi connectivity index (χ2n) is 4.65. The molecule has 102 valence electrons. The molecule has 4 nitrogen and oxygen atoms in total. The fourth-order valence-electron chi connectivity index (χ4n) is 2.10. The van der Waals surface area contributed by atoms with Crippen molar-refractivity contribution in [2.75, 3.05) is 18.4 Å². The van der Waals surface area contributed by atoms with Crippen molar-refractivity contribution in [3.8, 4) is 11.5 Å². The number of nitrogens with one attached hydrogen (secondary N) is 2. The van der Waals surface area contributed by atoms with Crippen LogP contribution in [0.15, 0.2) is 53.5 Å². The van der Waals surface area contributed by atoms with Gasteiger partial charge in [-0.25, -0.2) is 0 Å². The lowest BCUT2D eigenvalue weighted by Crippen LogP contribution is -2.26. The summed E-state index contributed by atoms with van der Waals surface area (Å²) >= 11 is 0. The van der Waals surface area contributed by atoms with E-state index in [1.165, 1.54) is 0 Å². The maximum atomic E-state index is 6.01. The molecule has 1 aliphatic heterocycles. The van der Waals surface area contributed by atoms with Crippen molar-refractivity contribution < 1.29 is 4.74 Å². The van der Waals surface area contributed by atoms with Crippen LogP contribution >= 0.6 is 0 Å². The van der Waals surface area contributed by atoms with Gasteiger partial charge in [0.15, 0.2) is 11.7 Å². The molecule has 1 aliphatic rings. The molecule has 2 N–H and O–H groups in total. The average molecular weight is 267 g/mol. The molecule has 0 radical (unpaired) electrons. The molecule has 0 fully saturated rings. The predicted octanol–water partition coefficient (Wildman–Crippen LogP) is 3.16. The van der Waals surface area contributed by atoms with Gasteiger partial charge in [-0.05, 0) is 30.7 Å². The summed E-state index contributed by atoms with van der Waals surface area (Å²) in [6.07, 6.45) is 0. The predicted molar refractivity (Wildman–Crippen MR) is 81.6 cm³/mol. The monoisotopic (exact) mass is 267 g/mol. The molecule has 0 atom stereocenters. The Bertz CT molecular complexity index is 623. The molecule has 4 heteroatoms. The molecule has 0 unspecified atom stereocenters. The van der Waals surface area contributed by atoms with Crippen LogP contribution in [-0.4, -0.2) is 19.0 Å². The lowest BCUT2D eigenvalue weighted by Gasteiger charge is -2.15. The van der Waals surface area contributed by atoms with Crippen molar-refractivity contribution >= 4 is 11.6 Å². The number of aliphatic imine (C=N–C) groups is 1. The molecule has 0 aromatic heterocycles. The van der Waals surface area contributed by atoms with Crippen LogP contribution in [0, 0.1) is 6.92 Å². The highest BCUT2D eigenvalue weighted by Gasteiger charge is 2.11. The van der Waals surface area contributed by atoms with Gasteiger partial charge in [0.1, 0.15) is 5.75 Å². The minimum atomic E-state index is 0.800. The number of hydrogen-bond donors (Lipinski definition) is 2. The number of ether oxygens (including phenoxy) is 1. The second kappa shape index (κ2) is 5.65. The maximum absolute atomic E-state index is 6.01. The SMILES string of the molecule is Cc1cccc(NC2=NCCN2)c1Oc1ccccc1. The van der Waals surface area contributed by atoms with Gasteiger partial charge in [0.2, 0.25) is 0 Å². The van der Waals surface area contributed by atoms with Crippen molar-refractivity contribution in [3.05, 3.63) is 54.1 Å². The zero-order valence-electron chi connectivity index (χ0n) is 11.4. The zero-order valence-corrected chi connectivity index (χ0v) is 11.4. The summed E-state index contributed by atoms with van der Waals surface area (Å²) in [6, 6.07) is 15.8. The molecular formula is C16H17N3O. The molecule has 0 spiro atoms. The van der Waals surface area contributed by atoms with Gasteiger partial charge < -0.3 is 15.4 Å². The quantitative estimate of drug-likeness (QED) is 0.898. The van der Waals surface area contributed by atoms with Crippen LogP contribution in [0.4, 0.5) is 5.69 Å². The number of benzene rings is 2. The smallest absolute Gasteiger partial charge is 0.196 e. The largest absolute Gasteiger partial charge is 0.455 e. The molecule has 0 saturated carbocycles. The number of aryl methyl sites for hydroxylation is 1. The Kier molecular flexibility index (Phi) is 3.54. The van der Waals surface area contributed by atoms with Crippen molar-refractivity contribution in [2.45, 2.75) is 6.92 Å². The fraction of sp³-hybridized carbons (Fsp3) is 0.188. The molecule has 3 rings (SSSR count). The third-order valence-corrected chi connectivity index (χ3v) is 3.10. The molecule has 0 saturated heterocycles. The highest BCUT2D eigenvalue weighted by molar-refractivity contribution is 5.96. The average Bonchev–Trinajstić information content (AvgIpc) is 2.97. The summed E-state index contributed by atoms with van der Waals surface area (Å²) in [4.78, 5) is 4.35. The Hall–Kier alpha value is -2.49. The number of para-hydroxylation sites is 2. The Morgan fingerprint density at radius 1 is 1.10 bits per heavy atom. The van der Waals surface area contributed by atoms with Crippen LogP contribution in [0.1, 0.15) is 5.56 Å². The van der Waals surface area contributed by atoms with E-state index in [1.807, 2.05) is 55.5 Å². The first-order valence-corrected chi connectivity index (χ1v) is 6.71. The van der Waals surface area contributed by atoms with E-state index in [4.69, 9.17) is 4.74 Å². The molecule has 20 heavy (non-hydrogen) atoms. The van der Waals surface area contributed by atoms with Crippen LogP contribution in [0.25, 0.3) is 0 Å². The summed E-state index contributed by atoms with van der Waals surface area (Å²) in [5.74, 6) is 2.45. The van der Waals surface area contributed by atoms with Crippen molar-refractivity contribution in [1.82, 2.24) is 5.32 Å². The van der Waals surface area contributed by atoms with E-state index in [0.29, 0.717) is 0 Å². The van der Waals surface area contributed by atoms with Crippen LogP contribution in [0.2, 0.25) is 0 Å². The Balaban J connectivity index is 1.88. The summed E-state index contributed by atoms with van der Waals surface area (Å²) in [7, 11) is 0. The Morgan fingerprint density at radius 2 is 1.95 bits per heavy atom. The van der Waals surface area contributed by atoms with Gasteiger partial charge in [0.05, 0.1) is 12.2 Å². The van der Waals surface area contributed by atoms with Crippen LogP contribution in [-0.2, 0) is 0 Å². The normalized spacial score (nSPS) is 13.6. The van der Waals surface area contributed by atoms with Gasteiger partial charge in [-0.2, -0.15) is 0 Å². The van der Waals surface area contributed by atoms with Crippen molar-refractivity contribution in [3.63, 3.8) is 0 Å². The van der Waals surface area contributed by atoms with E-state index in [-0.39, 0.29) is 0 Å². The van der Waals surface area contributed by atoms with Crippen LogP contribution in [0.3, 0.4) is 0 Å². The van der Waals surface area contributed by atoms with Gasteiger partial charge in [-0.3, -0.25) is 4.99 Å². The van der Waals surface area contributed by atoms with Crippen LogP contribution in [0.5, 0.6) is 11.5 Å². The lowest BCUT2D eigenvalue weighted by molar-refractivity contribution is 0.481. The number of hydrogen-bond acceptors (Lipinski definition) is 4. The molecule has 1 heterocycles. The summed E-state index contributed by atoms with van der Waals surface area (Å²) in [5, 5.41) is 6.48. The zero-order chi connectivity index (χ0) is 13.8. The highest BCUT2D eigenvalue weighted by atomic mass is 16.5. The van der Waals surface area contributed by atoms with Gasteiger partial charge in [0, 0.05) is 6.54 Å². The van der Waals surface area contributed by atoms with E-state index < -0.39 is 0 Å². The van der Waals surface area contributed by atoms with Gasteiger partial charge in [0.25, 0.3) is 0 Å². The van der Waals surface area contributed by atoms with E-state index in [9.17, 15) is 0 Å². The first-order chi connectivity index (χ1) is 9.83. The molecule has 2 aromatic carbocycles.